The zero-order valence-electron chi connectivity index (χ0n) is 26.5. The normalized spacial score (nSPS) is 12.6. The van der Waals surface area contributed by atoms with Crippen molar-refractivity contribution in [1.29, 1.82) is 0 Å². The monoisotopic (exact) mass is 671 g/mol. The molecular formula is C34H34ClN7O6. The molecule has 0 unspecified atom stereocenters. The largest absolute Gasteiger partial charge is 0.481 e. The van der Waals surface area contributed by atoms with Crippen LogP contribution in [0.3, 0.4) is 0 Å². The number of halogens is 1. The fraction of sp³-hybridized carbons (Fsp3) is 0.206. The number of anilines is 1. The molecule has 5 N–H and O–H groups in total. The number of hydrogen-bond acceptors (Lipinski definition) is 8. The summed E-state index contributed by atoms with van der Waals surface area (Å²) in [7, 11) is 3.34. The number of ether oxygens (including phenoxy) is 1. The van der Waals surface area contributed by atoms with E-state index in [1.807, 2.05) is 4.90 Å². The molecule has 0 aliphatic carbocycles. The molecule has 14 heteroatoms. The van der Waals surface area contributed by atoms with Gasteiger partial charge in [0, 0.05) is 69.7 Å². The molecule has 1 aliphatic rings. The molecule has 0 atom stereocenters. The molecule has 48 heavy (non-hydrogen) atoms. The minimum absolute atomic E-state index is 0.0347. The van der Waals surface area contributed by atoms with Gasteiger partial charge in [-0.05, 0) is 48.5 Å². The van der Waals surface area contributed by atoms with Crippen LogP contribution in [0.2, 0.25) is 5.02 Å². The smallest absolute Gasteiger partial charge is 0.300 e. The molecule has 1 saturated heterocycles. The molecule has 248 valence electrons. The van der Waals surface area contributed by atoms with Crippen molar-refractivity contribution in [1.82, 2.24) is 29.9 Å². The summed E-state index contributed by atoms with van der Waals surface area (Å²) in [5, 5.41) is 16.0. The Morgan fingerprint density at radius 2 is 1.69 bits per heavy atom. The van der Waals surface area contributed by atoms with Crippen molar-refractivity contribution in [2.45, 2.75) is 6.92 Å². The quantitative estimate of drug-likeness (QED) is 0.182. The predicted octanol–water partition coefficient (Wildman–Crippen LogP) is 4.45. The fourth-order valence-electron chi connectivity index (χ4n) is 5.13. The Hall–Kier alpha value is -5.66. The van der Waals surface area contributed by atoms with Gasteiger partial charge in [-0.2, -0.15) is 5.10 Å². The number of amides is 2. The van der Waals surface area contributed by atoms with Crippen LogP contribution in [0.15, 0.2) is 72.9 Å². The number of carboxylic acids is 1. The number of carboxylic acid groups (broad SMARTS) is 1. The number of aliphatic carboxylic acids is 1. The number of carbonyl (C=O) groups is 4. The van der Waals surface area contributed by atoms with Gasteiger partial charge < -0.3 is 35.7 Å². The van der Waals surface area contributed by atoms with E-state index in [4.69, 9.17) is 32.0 Å². The molecule has 5 aromatic rings. The lowest BCUT2D eigenvalue weighted by molar-refractivity contribution is -0.134. The van der Waals surface area contributed by atoms with Gasteiger partial charge in [0.25, 0.3) is 17.8 Å². The van der Waals surface area contributed by atoms with Crippen LogP contribution in [0.5, 0.6) is 11.5 Å². The van der Waals surface area contributed by atoms with E-state index in [1.54, 1.807) is 80.8 Å². The van der Waals surface area contributed by atoms with Crippen molar-refractivity contribution < 1.29 is 29.0 Å². The third kappa shape index (κ3) is 7.32. The molecule has 1 aliphatic heterocycles. The minimum atomic E-state index is -0.833. The number of benzene rings is 3. The van der Waals surface area contributed by atoms with Crippen LogP contribution >= 0.6 is 11.6 Å². The summed E-state index contributed by atoms with van der Waals surface area (Å²) < 4.78 is 7.38. The first-order valence-electron chi connectivity index (χ1n) is 14.9. The van der Waals surface area contributed by atoms with Crippen molar-refractivity contribution in [2.24, 2.45) is 0 Å². The summed E-state index contributed by atoms with van der Waals surface area (Å²) in [5.41, 5.74) is 9.07. The number of fused-ring (bicyclic) bond motifs is 1. The molecular weight excluding hydrogens is 638 g/mol. The van der Waals surface area contributed by atoms with Crippen molar-refractivity contribution in [3.8, 4) is 17.2 Å². The number of carbonyl (C=O) groups excluding carboxylic acids is 3. The zero-order valence-corrected chi connectivity index (χ0v) is 27.2. The molecule has 0 saturated carbocycles. The third-order valence-electron chi connectivity index (χ3n) is 7.47. The number of H-pyrrole nitrogens is 1. The third-order valence-corrected chi connectivity index (χ3v) is 7.77. The Morgan fingerprint density at radius 3 is 2.38 bits per heavy atom. The maximum Gasteiger partial charge on any atom is 0.300 e. The van der Waals surface area contributed by atoms with Crippen molar-refractivity contribution in [3.63, 3.8) is 0 Å². The Bertz CT molecular complexity index is 2010. The van der Waals surface area contributed by atoms with E-state index in [1.165, 1.54) is 15.8 Å². The fourth-order valence-corrected chi connectivity index (χ4v) is 5.38. The molecule has 3 heterocycles. The molecule has 2 aromatic heterocycles. The molecule has 13 nitrogen and oxygen atoms in total. The Morgan fingerprint density at radius 1 is 0.979 bits per heavy atom. The maximum absolute atomic E-state index is 13.5. The number of aromatic amines is 1. The predicted molar refractivity (Wildman–Crippen MR) is 181 cm³/mol. The Balaban J connectivity index is 0.00000107. The van der Waals surface area contributed by atoms with E-state index < -0.39 is 5.97 Å². The highest BCUT2D eigenvalue weighted by atomic mass is 35.5. The van der Waals surface area contributed by atoms with Gasteiger partial charge in [-0.1, -0.05) is 23.7 Å². The number of rotatable bonds is 7. The van der Waals surface area contributed by atoms with Gasteiger partial charge in [-0.15, -0.1) is 0 Å². The molecule has 1 fully saturated rings. The van der Waals surface area contributed by atoms with Gasteiger partial charge in [0.15, 0.2) is 0 Å². The standard InChI is InChI=1S/C32H30ClN7O4.C2H4O2/c1-38(2)32(43)22-5-3-4-6-28(22)44-21-8-10-27(24(33)17-21)40-30(34)23(18-36-40)29(41)26-16-20-15-19(7-9-25(20)37-26)31(42)39-13-11-35-12-14-39;1-2(3)4/h3-10,15-18,35,37H,11-14,34H2,1-2H3;1H3,(H,3,4). The molecule has 6 rings (SSSR count). The summed E-state index contributed by atoms with van der Waals surface area (Å²) in [5.74, 6) is -0.497. The number of nitrogens with one attached hydrogen (secondary N) is 2. The molecule has 0 radical (unpaired) electrons. The Labute approximate surface area is 280 Å². The lowest BCUT2D eigenvalue weighted by Crippen LogP contribution is -2.46. The van der Waals surface area contributed by atoms with Crippen LogP contribution in [0.1, 0.15) is 43.7 Å². The van der Waals surface area contributed by atoms with Gasteiger partial charge in [0.2, 0.25) is 5.78 Å². The molecule has 0 spiro atoms. The van der Waals surface area contributed by atoms with E-state index in [2.05, 4.69) is 15.4 Å². The van der Waals surface area contributed by atoms with E-state index in [-0.39, 0.29) is 34.0 Å². The second kappa shape index (κ2) is 14.4. The van der Waals surface area contributed by atoms with Crippen molar-refractivity contribution in [2.75, 3.05) is 46.0 Å². The van der Waals surface area contributed by atoms with Crippen LogP contribution in [0, 0.1) is 0 Å². The van der Waals surface area contributed by atoms with Gasteiger partial charge >= 0.3 is 0 Å². The van der Waals surface area contributed by atoms with Gasteiger partial charge in [0.05, 0.1) is 33.7 Å². The lowest BCUT2D eigenvalue weighted by Gasteiger charge is -2.27. The average Bonchev–Trinajstić information content (AvgIpc) is 3.67. The number of para-hydroxylation sites is 1. The van der Waals surface area contributed by atoms with Crippen LogP contribution in [0.25, 0.3) is 16.6 Å². The number of nitrogen functional groups attached to an aromatic ring is 1. The zero-order chi connectivity index (χ0) is 34.5. The van der Waals surface area contributed by atoms with Crippen LogP contribution < -0.4 is 15.8 Å². The van der Waals surface area contributed by atoms with Gasteiger partial charge in [-0.25, -0.2) is 4.68 Å². The highest BCUT2D eigenvalue weighted by Crippen LogP contribution is 2.32. The number of ketones is 1. The van der Waals surface area contributed by atoms with Gasteiger partial charge in [0.1, 0.15) is 17.3 Å². The van der Waals surface area contributed by atoms with Gasteiger partial charge in [-0.3, -0.25) is 19.2 Å². The van der Waals surface area contributed by atoms with Crippen molar-refractivity contribution >= 4 is 51.9 Å². The van der Waals surface area contributed by atoms with E-state index in [0.29, 0.717) is 47.1 Å². The SMILES string of the molecule is CC(=O)O.CN(C)C(=O)c1ccccc1Oc1ccc(-n2ncc(C(=O)c3cc4cc(C(=O)N5CCNCC5)ccc4[nH]3)c2N)c(Cl)c1. The summed E-state index contributed by atoms with van der Waals surface area (Å²) in [6, 6.07) is 18.9. The highest BCUT2D eigenvalue weighted by Gasteiger charge is 2.23. The van der Waals surface area contributed by atoms with E-state index in [9.17, 15) is 14.4 Å². The summed E-state index contributed by atoms with van der Waals surface area (Å²) >= 11 is 6.61. The number of hydrogen-bond donors (Lipinski definition) is 4. The Kier molecular flexibility index (Phi) is 10.1. The second-order valence-electron chi connectivity index (χ2n) is 11.1. The highest BCUT2D eigenvalue weighted by molar-refractivity contribution is 6.32. The topological polar surface area (TPSA) is 176 Å². The number of nitrogens with zero attached hydrogens (tertiary/aromatic N) is 4. The summed E-state index contributed by atoms with van der Waals surface area (Å²) in [6.45, 7) is 3.93. The summed E-state index contributed by atoms with van der Waals surface area (Å²) in [6.07, 6.45) is 1.40. The lowest BCUT2D eigenvalue weighted by atomic mass is 10.1. The first-order valence-corrected chi connectivity index (χ1v) is 15.3. The molecule has 3 aromatic carbocycles. The first kappa shape index (κ1) is 33.7. The van der Waals surface area contributed by atoms with Crippen molar-refractivity contribution in [3.05, 3.63) is 100 Å². The van der Waals surface area contributed by atoms with Crippen LogP contribution in [-0.2, 0) is 4.79 Å². The number of piperazine rings is 1. The van der Waals surface area contributed by atoms with Crippen LogP contribution in [0.4, 0.5) is 5.82 Å². The molecule has 0 bridgehead atoms. The van der Waals surface area contributed by atoms with Crippen LogP contribution in [-0.4, -0.2) is 93.5 Å². The number of nitrogens with two attached hydrogens (primary N) is 1. The second-order valence-corrected chi connectivity index (χ2v) is 11.5. The minimum Gasteiger partial charge on any atom is -0.481 e. The van der Waals surface area contributed by atoms with E-state index >= 15 is 0 Å². The summed E-state index contributed by atoms with van der Waals surface area (Å²) in [4.78, 5) is 54.4. The molecule has 2 amide bonds. The maximum atomic E-state index is 13.5. The average molecular weight is 672 g/mol. The first-order chi connectivity index (χ1) is 22.9. The van der Waals surface area contributed by atoms with E-state index in [0.717, 1.165) is 30.9 Å². The number of aromatic nitrogens is 3.